The predicted octanol–water partition coefficient (Wildman–Crippen LogP) is 5.36. The van der Waals surface area contributed by atoms with Gasteiger partial charge in [0.2, 0.25) is 0 Å². The van der Waals surface area contributed by atoms with E-state index >= 15 is 0 Å². The molecule has 1 aliphatic carbocycles. The number of aliphatic imine (C=N–C) groups is 1. The first-order valence-corrected chi connectivity index (χ1v) is 16.0. The number of hydrogen-bond acceptors (Lipinski definition) is 8. The van der Waals surface area contributed by atoms with Gasteiger partial charge in [0, 0.05) is 48.2 Å². The van der Waals surface area contributed by atoms with E-state index in [1.54, 1.807) is 11.9 Å². The SMILES string of the molecule is CSN(C)C1CCN(c2cccc(-c3ccc4nc(C5=CCCN=C5N)n(-c5ccc(C6(N)CCC6)cc5)c4n3)c2)C1. The Morgan fingerprint density at radius 2 is 1.86 bits per heavy atom. The number of imidazole rings is 1. The molecule has 2 aromatic heterocycles. The summed E-state index contributed by atoms with van der Waals surface area (Å²) < 4.78 is 4.49. The van der Waals surface area contributed by atoms with E-state index in [1.165, 1.54) is 24.1 Å². The molecule has 1 atom stereocenters. The van der Waals surface area contributed by atoms with Gasteiger partial charge in [0.15, 0.2) is 5.65 Å². The average Bonchev–Trinajstić information content (AvgIpc) is 3.65. The van der Waals surface area contributed by atoms with Crippen molar-refractivity contribution in [1.29, 1.82) is 0 Å². The molecule has 0 spiro atoms. The van der Waals surface area contributed by atoms with Crippen LogP contribution in [0.2, 0.25) is 0 Å². The maximum atomic E-state index is 6.64. The molecule has 1 saturated heterocycles. The van der Waals surface area contributed by atoms with Crippen molar-refractivity contribution in [3.8, 4) is 16.9 Å². The van der Waals surface area contributed by atoms with Gasteiger partial charge < -0.3 is 16.4 Å². The Morgan fingerprint density at radius 3 is 2.60 bits per heavy atom. The molecular formula is C33H38N8S. The van der Waals surface area contributed by atoms with Crippen molar-refractivity contribution in [3.63, 3.8) is 0 Å². The number of nitrogens with two attached hydrogens (primary N) is 2. The molecule has 2 aliphatic heterocycles. The van der Waals surface area contributed by atoms with Gasteiger partial charge in [0.25, 0.3) is 0 Å². The van der Waals surface area contributed by atoms with E-state index in [0.29, 0.717) is 18.4 Å². The van der Waals surface area contributed by atoms with E-state index in [2.05, 4.69) is 98.8 Å². The van der Waals surface area contributed by atoms with Crippen molar-refractivity contribution < 1.29 is 0 Å². The number of aromatic nitrogens is 3. The first kappa shape index (κ1) is 27.2. The molecule has 0 amide bonds. The number of pyridine rings is 1. The van der Waals surface area contributed by atoms with Crippen LogP contribution in [0.1, 0.15) is 43.5 Å². The molecule has 0 radical (unpaired) electrons. The van der Waals surface area contributed by atoms with Gasteiger partial charge in [-0.3, -0.25) is 9.56 Å². The van der Waals surface area contributed by atoms with E-state index in [4.69, 9.17) is 21.4 Å². The number of nitrogens with zero attached hydrogens (tertiary/aromatic N) is 6. The highest BCUT2D eigenvalue weighted by Gasteiger charge is 2.34. The molecule has 9 heteroatoms. The van der Waals surface area contributed by atoms with Gasteiger partial charge in [-0.25, -0.2) is 14.3 Å². The number of benzene rings is 2. The van der Waals surface area contributed by atoms with Gasteiger partial charge >= 0.3 is 0 Å². The first-order valence-electron chi connectivity index (χ1n) is 14.9. The number of likely N-dealkylation sites (N-methyl/N-ethyl adjacent to an activating group) is 1. The van der Waals surface area contributed by atoms with E-state index in [9.17, 15) is 0 Å². The van der Waals surface area contributed by atoms with Crippen LogP contribution in [0.15, 0.2) is 71.7 Å². The van der Waals surface area contributed by atoms with Crippen LogP contribution in [-0.4, -0.2) is 63.7 Å². The highest BCUT2D eigenvalue weighted by molar-refractivity contribution is 7.96. The summed E-state index contributed by atoms with van der Waals surface area (Å²) in [6.07, 6.45) is 9.53. The Bertz CT molecular complexity index is 1680. The van der Waals surface area contributed by atoms with Crippen molar-refractivity contribution in [2.75, 3.05) is 37.8 Å². The molecule has 4 N–H and O–H groups in total. The second-order valence-electron chi connectivity index (χ2n) is 11.7. The second kappa shape index (κ2) is 10.9. The third kappa shape index (κ3) is 4.79. The Labute approximate surface area is 251 Å². The zero-order chi connectivity index (χ0) is 28.8. The smallest absolute Gasteiger partial charge is 0.165 e. The molecule has 4 aromatic rings. The normalized spacial score (nSPS) is 20.1. The standard InChI is InChI=1S/C33H38N8S/c1-39(42-2)26-15-19-40(21-26)25-7-3-6-22(20-25)28-13-14-29-32(37-28)41(31(38-29)27-8-4-18-36-30(27)34)24-11-9-23(10-12-24)33(35)16-5-17-33/h3,6-14,20,26H,4-5,15-19,21,35H2,1-2H3,(H2,34,36). The third-order valence-corrected chi connectivity index (χ3v) is 10.1. The van der Waals surface area contributed by atoms with Gasteiger partial charge in [-0.1, -0.05) is 42.3 Å². The summed E-state index contributed by atoms with van der Waals surface area (Å²) in [5.74, 6) is 1.29. The number of fused-ring (bicyclic) bond motifs is 1. The van der Waals surface area contributed by atoms with Gasteiger partial charge in [0.05, 0.1) is 11.3 Å². The number of rotatable bonds is 7. The fourth-order valence-electron chi connectivity index (χ4n) is 6.41. The van der Waals surface area contributed by atoms with Crippen molar-refractivity contribution in [2.45, 2.75) is 43.7 Å². The number of hydrogen-bond donors (Lipinski definition) is 2. The molecule has 2 fully saturated rings. The minimum Gasteiger partial charge on any atom is -0.383 e. The lowest BCUT2D eigenvalue weighted by molar-refractivity contribution is 0.253. The minimum atomic E-state index is -0.210. The van der Waals surface area contributed by atoms with Crippen LogP contribution >= 0.6 is 11.9 Å². The second-order valence-corrected chi connectivity index (χ2v) is 12.6. The van der Waals surface area contributed by atoms with Crippen LogP contribution in [0.4, 0.5) is 5.69 Å². The summed E-state index contributed by atoms with van der Waals surface area (Å²) in [6, 6.07) is 22.0. The zero-order valence-electron chi connectivity index (χ0n) is 24.3. The van der Waals surface area contributed by atoms with Gasteiger partial charge in [-0.2, -0.15) is 0 Å². The molecule has 2 aromatic carbocycles. The van der Waals surface area contributed by atoms with Crippen LogP contribution < -0.4 is 16.4 Å². The maximum Gasteiger partial charge on any atom is 0.165 e. The largest absolute Gasteiger partial charge is 0.383 e. The Kier molecular flexibility index (Phi) is 7.04. The quantitative estimate of drug-likeness (QED) is 0.285. The molecule has 8 nitrogen and oxygen atoms in total. The van der Waals surface area contributed by atoms with Gasteiger partial charge in [0.1, 0.15) is 17.2 Å². The Hall–Kier alpha value is -3.66. The highest BCUT2D eigenvalue weighted by atomic mass is 32.2. The van der Waals surface area contributed by atoms with Crippen LogP contribution in [0.3, 0.4) is 0 Å². The number of dihydropyridines is 1. The third-order valence-electron chi connectivity index (χ3n) is 9.20. The molecular weight excluding hydrogens is 540 g/mol. The minimum absolute atomic E-state index is 0.210. The van der Waals surface area contributed by atoms with E-state index in [0.717, 1.165) is 71.9 Å². The van der Waals surface area contributed by atoms with Crippen LogP contribution in [0, 0.1) is 0 Å². The fourth-order valence-corrected chi connectivity index (χ4v) is 6.88. The lowest BCUT2D eigenvalue weighted by Gasteiger charge is -2.38. The molecule has 1 unspecified atom stereocenters. The van der Waals surface area contributed by atoms with Gasteiger partial charge in [-0.05, 0) is 87.4 Å². The topological polar surface area (TPSA) is 102 Å². The molecule has 3 aliphatic rings. The van der Waals surface area contributed by atoms with Crippen LogP contribution in [-0.2, 0) is 5.54 Å². The number of amidine groups is 1. The molecule has 0 bridgehead atoms. The molecule has 1 saturated carbocycles. The lowest BCUT2D eigenvalue weighted by Crippen LogP contribution is -2.43. The Balaban J connectivity index is 1.30. The molecule has 216 valence electrons. The van der Waals surface area contributed by atoms with Crippen molar-refractivity contribution >= 4 is 40.2 Å². The summed E-state index contributed by atoms with van der Waals surface area (Å²) in [4.78, 5) is 17.3. The lowest BCUT2D eigenvalue weighted by atomic mass is 9.73. The van der Waals surface area contributed by atoms with Crippen molar-refractivity contribution in [2.24, 2.45) is 16.5 Å². The summed E-state index contributed by atoms with van der Waals surface area (Å²) in [7, 11) is 2.18. The van der Waals surface area contributed by atoms with E-state index < -0.39 is 0 Å². The Morgan fingerprint density at radius 1 is 1.02 bits per heavy atom. The summed E-state index contributed by atoms with van der Waals surface area (Å²) in [6.45, 7) is 2.79. The predicted molar refractivity (Wildman–Crippen MR) is 175 cm³/mol. The fraction of sp³-hybridized carbons (Fsp3) is 0.364. The van der Waals surface area contributed by atoms with Crippen LogP contribution in [0.5, 0.6) is 0 Å². The van der Waals surface area contributed by atoms with Gasteiger partial charge in [-0.15, -0.1) is 0 Å². The van der Waals surface area contributed by atoms with E-state index in [1.807, 2.05) is 0 Å². The monoisotopic (exact) mass is 578 g/mol. The highest BCUT2D eigenvalue weighted by Crippen LogP contribution is 2.39. The maximum absolute atomic E-state index is 6.64. The summed E-state index contributed by atoms with van der Waals surface area (Å²) >= 11 is 1.80. The zero-order valence-corrected chi connectivity index (χ0v) is 25.1. The first-order chi connectivity index (χ1) is 20.4. The van der Waals surface area contributed by atoms with Crippen molar-refractivity contribution in [3.05, 3.63) is 78.1 Å². The average molecular weight is 579 g/mol. The summed E-state index contributed by atoms with van der Waals surface area (Å²) in [5.41, 5.74) is 20.7. The van der Waals surface area contributed by atoms with E-state index in [-0.39, 0.29) is 5.54 Å². The molecule has 4 heterocycles. The van der Waals surface area contributed by atoms with Crippen LogP contribution in [0.25, 0.3) is 33.7 Å². The molecule has 42 heavy (non-hydrogen) atoms. The number of anilines is 1. The molecule has 7 rings (SSSR count). The van der Waals surface area contributed by atoms with Crippen molar-refractivity contribution in [1.82, 2.24) is 18.8 Å². The summed E-state index contributed by atoms with van der Waals surface area (Å²) in [5, 5.41) is 0.